The molecule has 10 aromatic rings. The maximum atomic E-state index is 15.6. The molecule has 0 atom stereocenters. The third kappa shape index (κ3) is 13.3. The van der Waals surface area contributed by atoms with Crippen molar-refractivity contribution in [1.82, 2.24) is 0 Å². The van der Waals surface area contributed by atoms with Gasteiger partial charge in [0, 0.05) is 0 Å². The van der Waals surface area contributed by atoms with Gasteiger partial charge in [-0.3, -0.25) is 0 Å². The summed E-state index contributed by atoms with van der Waals surface area (Å²) in [6.07, 6.45) is 14.1. The van der Waals surface area contributed by atoms with E-state index in [-0.39, 0.29) is 48.7 Å². The van der Waals surface area contributed by atoms with E-state index in [4.69, 9.17) is 18.9 Å². The summed E-state index contributed by atoms with van der Waals surface area (Å²) in [5.74, 6) is -2.64. The van der Waals surface area contributed by atoms with Gasteiger partial charge in [-0.2, -0.15) is 0 Å². The Morgan fingerprint density at radius 1 is 0.233 bits per heavy atom. The van der Waals surface area contributed by atoms with E-state index < -0.39 is 23.9 Å². The van der Waals surface area contributed by atoms with Crippen LogP contribution in [0.15, 0.2) is 170 Å². The zero-order valence-electron chi connectivity index (χ0n) is 50.6. The van der Waals surface area contributed by atoms with Crippen molar-refractivity contribution in [2.24, 2.45) is 0 Å². The molecule has 0 amide bonds. The Kier molecular flexibility index (Phi) is 20.7. The first kappa shape index (κ1) is 60.5. The van der Waals surface area contributed by atoms with Crippen molar-refractivity contribution in [3.63, 3.8) is 0 Å². The molecular formula is C78H80O8. The predicted octanol–water partition coefficient (Wildman–Crippen LogP) is 20.1. The average Bonchev–Trinajstić information content (AvgIpc) is 0.980. The molecule has 0 spiro atoms. The van der Waals surface area contributed by atoms with Gasteiger partial charge in [-0.15, -0.1) is 0 Å². The summed E-state index contributed by atoms with van der Waals surface area (Å²) in [4.78, 5) is 62.1. The van der Waals surface area contributed by atoms with E-state index >= 15 is 19.2 Å². The summed E-state index contributed by atoms with van der Waals surface area (Å²) in [6, 6.07) is 56.3. The fraction of sp³-hybridized carbons (Fsp3) is 0.308. The van der Waals surface area contributed by atoms with Gasteiger partial charge in [0.2, 0.25) is 0 Å². The van der Waals surface area contributed by atoms with E-state index in [1.807, 2.05) is 97.1 Å². The third-order valence-corrected chi connectivity index (χ3v) is 16.8. The molecule has 0 heterocycles. The Morgan fingerprint density at radius 3 is 0.779 bits per heavy atom. The van der Waals surface area contributed by atoms with Crippen molar-refractivity contribution in [1.29, 1.82) is 0 Å². The molecular weight excluding hydrogens is 1060 g/mol. The van der Waals surface area contributed by atoms with Crippen LogP contribution in [0.25, 0.3) is 97.7 Å². The van der Waals surface area contributed by atoms with Gasteiger partial charge in [0.25, 0.3) is 0 Å². The van der Waals surface area contributed by atoms with E-state index in [1.165, 1.54) is 0 Å². The second-order valence-corrected chi connectivity index (χ2v) is 22.7. The van der Waals surface area contributed by atoms with Gasteiger partial charge in [-0.05, 0) is 123 Å². The van der Waals surface area contributed by atoms with E-state index in [0.29, 0.717) is 58.7 Å². The first-order valence-corrected chi connectivity index (χ1v) is 31.6. The summed E-state index contributed by atoms with van der Waals surface area (Å²) < 4.78 is 25.2. The number of benzene rings is 10. The van der Waals surface area contributed by atoms with Crippen LogP contribution in [0.4, 0.5) is 0 Å². The zero-order valence-corrected chi connectivity index (χ0v) is 50.6. The minimum atomic E-state index is -0.675. The van der Waals surface area contributed by atoms with Gasteiger partial charge in [0.05, 0.1) is 48.7 Å². The van der Waals surface area contributed by atoms with Gasteiger partial charge in [-0.25, -0.2) is 19.2 Å². The topological polar surface area (TPSA) is 105 Å². The molecule has 86 heavy (non-hydrogen) atoms. The molecule has 0 saturated carbocycles. The second kappa shape index (κ2) is 29.5. The van der Waals surface area contributed by atoms with Crippen molar-refractivity contribution < 1.29 is 38.1 Å². The van der Waals surface area contributed by atoms with E-state index in [1.54, 1.807) is 0 Å². The average molecular weight is 1150 g/mol. The number of fused-ring (bicyclic) bond motifs is 11. The van der Waals surface area contributed by atoms with Gasteiger partial charge < -0.3 is 18.9 Å². The van der Waals surface area contributed by atoms with Gasteiger partial charge in [0.15, 0.2) is 0 Å². The molecule has 0 aliphatic rings. The van der Waals surface area contributed by atoms with Crippen molar-refractivity contribution in [3.05, 3.63) is 192 Å². The molecule has 0 unspecified atom stereocenters. The van der Waals surface area contributed by atoms with E-state index in [2.05, 4.69) is 100 Å². The van der Waals surface area contributed by atoms with Crippen LogP contribution in [0.2, 0.25) is 0 Å². The first-order valence-electron chi connectivity index (χ1n) is 31.6. The van der Waals surface area contributed by atoms with Crippen LogP contribution in [-0.2, 0) is 38.1 Å². The Bertz CT molecular complexity index is 3900. The van der Waals surface area contributed by atoms with Crippen LogP contribution in [0, 0.1) is 0 Å². The summed E-state index contributed by atoms with van der Waals surface area (Å²) >= 11 is 0. The largest absolute Gasteiger partial charge is 0.462 e. The number of ether oxygens (including phenoxy) is 4. The van der Waals surface area contributed by atoms with Crippen molar-refractivity contribution >= 4 is 122 Å². The minimum Gasteiger partial charge on any atom is -0.462 e. The molecule has 0 N–H and O–H groups in total. The quantitative estimate of drug-likeness (QED) is 0.0119. The third-order valence-electron chi connectivity index (χ3n) is 16.8. The molecule has 10 aromatic carbocycles. The molecule has 10 rings (SSSR count). The van der Waals surface area contributed by atoms with Crippen molar-refractivity contribution in [2.75, 3.05) is 26.4 Å². The fourth-order valence-electron chi connectivity index (χ4n) is 12.3. The highest BCUT2D eigenvalue weighted by Crippen LogP contribution is 2.43. The molecule has 0 aliphatic carbocycles. The number of hydrogen-bond donors (Lipinski definition) is 0. The molecule has 0 bridgehead atoms. The Hall–Kier alpha value is -8.62. The van der Waals surface area contributed by atoms with E-state index in [0.717, 1.165) is 142 Å². The number of hydrogen-bond acceptors (Lipinski definition) is 8. The maximum Gasteiger partial charge on any atom is 0.339 e. The monoisotopic (exact) mass is 1140 g/mol. The predicted molar refractivity (Wildman–Crippen MR) is 356 cm³/mol. The highest BCUT2D eigenvalue weighted by molar-refractivity contribution is 6.42. The maximum absolute atomic E-state index is 15.6. The number of carbonyl (C=O) groups is 4. The second-order valence-electron chi connectivity index (χ2n) is 22.7. The van der Waals surface area contributed by atoms with Crippen LogP contribution in [-0.4, -0.2) is 50.3 Å². The minimum absolute atomic E-state index is 0.0390. The summed E-state index contributed by atoms with van der Waals surface area (Å²) in [7, 11) is 0. The lowest BCUT2D eigenvalue weighted by Gasteiger charge is -2.21. The standard InChI is InChI=1S/C78H80O8/c1-5-9-13-21-49-83-75(79)71(73(77(81)85-51-23-15-11-7-3)69-39-25-33-57-63-43-41-53-29-17-19-31-55(53)61(63)45-47-65(57)69)67-37-27-36-60-59(67)35-28-38-68(60)72(76(80)84-50-22-14-10-6-2)74(78(82)86-52-24-16-12-8-4)70-40-26-34-58-64-44-42-54-30-18-20-32-56(54)62(64)46-48-66(58)70/h17-20,25-48H,5-16,21-24,49-52H2,1-4H3/b73-71-,74-72-. The zero-order chi connectivity index (χ0) is 59.8. The number of rotatable bonds is 28. The lowest BCUT2D eigenvalue weighted by atomic mass is 9.85. The van der Waals surface area contributed by atoms with Gasteiger partial charge >= 0.3 is 23.9 Å². The lowest BCUT2D eigenvalue weighted by molar-refractivity contribution is -0.139. The molecule has 8 nitrogen and oxygen atoms in total. The Labute approximate surface area is 506 Å². The van der Waals surface area contributed by atoms with Crippen molar-refractivity contribution in [3.8, 4) is 0 Å². The number of carbonyl (C=O) groups excluding carboxylic acids is 4. The molecule has 0 radical (unpaired) electrons. The summed E-state index contributed by atoms with van der Waals surface area (Å²) in [5.41, 5.74) is 2.08. The number of esters is 4. The normalized spacial score (nSPS) is 12.3. The van der Waals surface area contributed by atoms with Crippen LogP contribution in [0.3, 0.4) is 0 Å². The molecule has 0 saturated heterocycles. The molecule has 0 fully saturated rings. The Morgan fingerprint density at radius 2 is 0.465 bits per heavy atom. The fourth-order valence-corrected chi connectivity index (χ4v) is 12.3. The lowest BCUT2D eigenvalue weighted by Crippen LogP contribution is -2.18. The molecule has 0 aromatic heterocycles. The molecule has 440 valence electrons. The highest BCUT2D eigenvalue weighted by Gasteiger charge is 2.33. The number of unbranched alkanes of at least 4 members (excludes halogenated alkanes) is 12. The van der Waals surface area contributed by atoms with Gasteiger partial charge in [0.1, 0.15) is 0 Å². The van der Waals surface area contributed by atoms with E-state index in [9.17, 15) is 0 Å². The van der Waals surface area contributed by atoms with Crippen LogP contribution in [0.5, 0.6) is 0 Å². The first-order chi connectivity index (χ1) is 42.3. The molecule has 0 aliphatic heterocycles. The van der Waals surface area contributed by atoms with Crippen LogP contribution >= 0.6 is 0 Å². The smallest absolute Gasteiger partial charge is 0.339 e. The van der Waals surface area contributed by atoms with Gasteiger partial charge in [-0.1, -0.05) is 275 Å². The highest BCUT2D eigenvalue weighted by atomic mass is 16.5. The SMILES string of the molecule is CCCCCCOC(=O)/C(=C(\C(=O)OCCCCCC)c1cccc2c1ccc1c3ccccc3ccc21)c1cccc2c(/C(C(=O)OCCCCCC)=C(/C(=O)OCCCCCC)c3cccc4c3ccc3c5ccccc5ccc43)cccc12. The molecule has 8 heteroatoms. The van der Waals surface area contributed by atoms with Crippen LogP contribution < -0.4 is 0 Å². The Balaban J connectivity index is 1.25. The van der Waals surface area contributed by atoms with Crippen LogP contribution in [0.1, 0.15) is 153 Å². The summed E-state index contributed by atoms with van der Waals surface area (Å²) in [6.45, 7) is 9.15. The summed E-state index contributed by atoms with van der Waals surface area (Å²) in [5, 5.41) is 13.0. The van der Waals surface area contributed by atoms with Crippen molar-refractivity contribution in [2.45, 2.75) is 130 Å².